The highest BCUT2D eigenvalue weighted by Gasteiger charge is 2.76. The molecule has 9 heteroatoms. The zero-order valence-corrected chi connectivity index (χ0v) is 27.0. The normalized spacial score (nSPS) is 30.8. The van der Waals surface area contributed by atoms with Gasteiger partial charge in [0.1, 0.15) is 5.75 Å². The second-order valence-electron chi connectivity index (χ2n) is 14.7. The lowest BCUT2D eigenvalue weighted by molar-refractivity contribution is -0.203. The Morgan fingerprint density at radius 1 is 0.957 bits per heavy atom. The topological polar surface area (TPSA) is 155 Å². The van der Waals surface area contributed by atoms with Crippen LogP contribution < -0.4 is 5.73 Å². The van der Waals surface area contributed by atoms with Gasteiger partial charge in [0.2, 0.25) is 5.91 Å². The molecular formula is C37H40N2O7. The Bertz CT molecular complexity index is 1880. The summed E-state index contributed by atoms with van der Waals surface area (Å²) in [6.07, 6.45) is 0.980. The molecule has 0 aromatic heterocycles. The summed E-state index contributed by atoms with van der Waals surface area (Å²) in [6.45, 7) is 7.60. The second kappa shape index (κ2) is 10.4. The third kappa shape index (κ3) is 4.10. The summed E-state index contributed by atoms with van der Waals surface area (Å²) in [5.74, 6) is -8.49. The number of phenolic OH excluding ortho intramolecular Hbond substituents is 1. The number of aliphatic hydroxyl groups is 1. The van der Waals surface area contributed by atoms with Crippen molar-refractivity contribution in [3.63, 3.8) is 0 Å². The smallest absolute Gasteiger partial charge is 0.235 e. The molecule has 0 heterocycles. The highest BCUT2D eigenvalue weighted by Crippen LogP contribution is 2.62. The predicted octanol–water partition coefficient (Wildman–Crippen LogP) is 3.67. The number of aromatic hydroxyl groups is 1. The van der Waals surface area contributed by atoms with E-state index in [1.54, 1.807) is 27.1 Å². The Labute approximate surface area is 267 Å². The molecule has 2 saturated carbocycles. The number of benzene rings is 3. The summed E-state index contributed by atoms with van der Waals surface area (Å²) in [5.41, 5.74) is 3.17. The first-order valence-electron chi connectivity index (χ1n) is 15.7. The minimum Gasteiger partial charge on any atom is -0.507 e. The van der Waals surface area contributed by atoms with Gasteiger partial charge in [-0.25, -0.2) is 0 Å². The van der Waals surface area contributed by atoms with Gasteiger partial charge in [0.05, 0.1) is 17.5 Å². The van der Waals surface area contributed by atoms with Crippen LogP contribution in [-0.4, -0.2) is 69.9 Å². The molecular weight excluding hydrogens is 584 g/mol. The quantitative estimate of drug-likeness (QED) is 0.364. The molecule has 3 aliphatic rings. The van der Waals surface area contributed by atoms with Gasteiger partial charge in [-0.3, -0.25) is 28.9 Å². The van der Waals surface area contributed by atoms with Crippen molar-refractivity contribution in [2.75, 3.05) is 14.1 Å². The standard InChI is InChI=1S/C37H40N2O7/c1-18(2)15-19-11-12-22(21-10-8-7-9-20(19)21)23-13-14-25(40)26-24(23)16-35(3)17-36(4)31(39(5)6)30(42)27(34(38)45)32(43)37(36,46)33(44)28(35)29(26)41/h7-14,18,27-28,31,40,46H,15-17H2,1-6H3,(H2,38,45)/t27?,28?,31-,35+,36+,37-/m1/s1. The van der Waals surface area contributed by atoms with Crippen molar-refractivity contribution < 1.29 is 34.2 Å². The molecule has 6 atom stereocenters. The van der Waals surface area contributed by atoms with Crippen LogP contribution in [-0.2, 0) is 32.0 Å². The lowest BCUT2D eigenvalue weighted by atomic mass is 9.42. The average molecular weight is 625 g/mol. The molecule has 1 amide bonds. The fraction of sp³-hybridized carbons (Fsp3) is 0.432. The van der Waals surface area contributed by atoms with Gasteiger partial charge in [-0.15, -0.1) is 0 Å². The fourth-order valence-corrected chi connectivity index (χ4v) is 9.19. The lowest BCUT2D eigenvalue weighted by Crippen LogP contribution is -2.79. The van der Waals surface area contributed by atoms with Crippen molar-refractivity contribution >= 4 is 39.8 Å². The molecule has 0 bridgehead atoms. The number of nitrogens with two attached hydrogens (primary N) is 1. The van der Waals surface area contributed by atoms with Crippen LogP contribution in [0.4, 0.5) is 0 Å². The number of likely N-dealkylation sites (N-methyl/N-ethyl adjacent to an activating group) is 1. The maximum absolute atomic E-state index is 14.5. The molecule has 240 valence electrons. The van der Waals surface area contributed by atoms with Gasteiger partial charge in [0, 0.05) is 5.41 Å². The van der Waals surface area contributed by atoms with E-state index in [1.807, 2.05) is 24.3 Å². The Balaban J connectivity index is 1.57. The van der Waals surface area contributed by atoms with Crippen LogP contribution in [0.1, 0.15) is 55.6 Å². The van der Waals surface area contributed by atoms with Crippen molar-refractivity contribution in [3.8, 4) is 16.9 Å². The zero-order chi connectivity index (χ0) is 33.7. The third-order valence-electron chi connectivity index (χ3n) is 10.8. The fourth-order valence-electron chi connectivity index (χ4n) is 9.19. The van der Waals surface area contributed by atoms with E-state index >= 15 is 0 Å². The lowest BCUT2D eigenvalue weighted by Gasteiger charge is -2.61. The number of amides is 1. The molecule has 9 nitrogen and oxygen atoms in total. The van der Waals surface area contributed by atoms with Crippen molar-refractivity contribution in [1.82, 2.24) is 4.90 Å². The molecule has 3 aliphatic carbocycles. The number of rotatable bonds is 5. The molecule has 3 aromatic rings. The minimum absolute atomic E-state index is 0.0224. The third-order valence-corrected chi connectivity index (χ3v) is 10.8. The zero-order valence-electron chi connectivity index (χ0n) is 27.0. The van der Waals surface area contributed by atoms with Crippen LogP contribution >= 0.6 is 0 Å². The van der Waals surface area contributed by atoms with Crippen molar-refractivity contribution in [2.24, 2.45) is 34.3 Å². The first kappa shape index (κ1) is 31.8. The van der Waals surface area contributed by atoms with Crippen molar-refractivity contribution in [3.05, 3.63) is 65.2 Å². The largest absolute Gasteiger partial charge is 0.507 e. The number of carbonyl (C=O) groups is 5. The molecule has 6 rings (SSSR count). The number of carbonyl (C=O) groups excluding carboxylic acids is 5. The summed E-state index contributed by atoms with van der Waals surface area (Å²) in [4.78, 5) is 70.3. The van der Waals surface area contributed by atoms with Gasteiger partial charge in [0.15, 0.2) is 34.7 Å². The van der Waals surface area contributed by atoms with E-state index in [9.17, 15) is 34.2 Å². The number of nitrogens with zero attached hydrogens (tertiary/aromatic N) is 1. The number of ketones is 4. The molecule has 4 N–H and O–H groups in total. The van der Waals surface area contributed by atoms with Crippen LogP contribution in [0.25, 0.3) is 21.9 Å². The molecule has 46 heavy (non-hydrogen) atoms. The number of phenols is 1. The van der Waals surface area contributed by atoms with Crippen molar-refractivity contribution in [1.29, 1.82) is 0 Å². The van der Waals surface area contributed by atoms with Gasteiger partial charge < -0.3 is 15.9 Å². The monoisotopic (exact) mass is 624 g/mol. The number of hydrogen-bond acceptors (Lipinski definition) is 8. The Hall–Kier alpha value is -4.21. The van der Waals surface area contributed by atoms with E-state index in [4.69, 9.17) is 5.73 Å². The Morgan fingerprint density at radius 2 is 1.59 bits per heavy atom. The molecule has 0 radical (unpaired) electrons. The van der Waals surface area contributed by atoms with E-state index in [2.05, 4.69) is 26.0 Å². The minimum atomic E-state index is -2.83. The molecule has 2 unspecified atom stereocenters. The Morgan fingerprint density at radius 3 is 2.20 bits per heavy atom. The predicted molar refractivity (Wildman–Crippen MR) is 172 cm³/mol. The number of hydrogen-bond donors (Lipinski definition) is 3. The van der Waals surface area contributed by atoms with E-state index in [0.29, 0.717) is 11.5 Å². The van der Waals surface area contributed by atoms with Crippen LogP contribution in [0, 0.1) is 28.6 Å². The van der Waals surface area contributed by atoms with Crippen LogP contribution in [0.3, 0.4) is 0 Å². The van der Waals surface area contributed by atoms with Gasteiger partial charge in [-0.1, -0.05) is 70.2 Å². The first-order chi connectivity index (χ1) is 21.5. The van der Waals surface area contributed by atoms with Gasteiger partial charge in [0.25, 0.3) is 0 Å². The number of Topliss-reactive ketones (excluding diaryl/α,β-unsaturated/α-hetero) is 4. The van der Waals surface area contributed by atoms with E-state index in [-0.39, 0.29) is 24.2 Å². The molecule has 0 saturated heterocycles. The average Bonchev–Trinajstić information content (AvgIpc) is 2.95. The van der Waals surface area contributed by atoms with Crippen LogP contribution in [0.5, 0.6) is 5.75 Å². The molecule has 3 aromatic carbocycles. The Kier molecular flexibility index (Phi) is 7.18. The highest BCUT2D eigenvalue weighted by atomic mass is 16.3. The van der Waals surface area contributed by atoms with Gasteiger partial charge >= 0.3 is 0 Å². The molecule has 2 fully saturated rings. The summed E-state index contributed by atoms with van der Waals surface area (Å²) >= 11 is 0. The first-order valence-corrected chi connectivity index (χ1v) is 15.7. The van der Waals surface area contributed by atoms with E-state index < -0.39 is 63.3 Å². The highest BCUT2D eigenvalue weighted by molar-refractivity contribution is 6.33. The maximum atomic E-state index is 14.5. The summed E-state index contributed by atoms with van der Waals surface area (Å²) in [5, 5.41) is 25.4. The summed E-state index contributed by atoms with van der Waals surface area (Å²) < 4.78 is 0. The maximum Gasteiger partial charge on any atom is 0.235 e. The van der Waals surface area contributed by atoms with E-state index in [0.717, 1.165) is 28.3 Å². The van der Waals surface area contributed by atoms with Crippen LogP contribution in [0.2, 0.25) is 0 Å². The SMILES string of the molecule is CC(C)Cc1ccc(-c2ccc(O)c3c2C[C@@]2(C)C[C@@]4(C)[C@H](N(C)C)C(=O)C(C(N)=O)C(=O)[C@@]4(O)C(=O)C2C3=O)c2ccccc12. The summed E-state index contributed by atoms with van der Waals surface area (Å²) in [7, 11) is 3.15. The van der Waals surface area contributed by atoms with Gasteiger partial charge in [-0.2, -0.15) is 0 Å². The number of primary amides is 1. The molecule has 0 aliphatic heterocycles. The van der Waals surface area contributed by atoms with Gasteiger partial charge in [-0.05, 0) is 83.8 Å². The summed E-state index contributed by atoms with van der Waals surface area (Å²) in [6, 6.07) is 14.2. The number of fused-ring (bicyclic) bond motifs is 4. The van der Waals surface area contributed by atoms with Crippen molar-refractivity contribution in [2.45, 2.75) is 58.6 Å². The van der Waals surface area contributed by atoms with E-state index in [1.165, 1.54) is 23.5 Å². The van der Waals surface area contributed by atoms with Crippen LogP contribution in [0.15, 0.2) is 48.5 Å². The molecule has 0 spiro atoms. The second-order valence-corrected chi connectivity index (χ2v) is 14.7.